The zero-order chi connectivity index (χ0) is 11.7. The topological polar surface area (TPSA) is 86.3 Å². The van der Waals surface area contributed by atoms with E-state index in [0.717, 1.165) is 32.1 Å². The average Bonchev–Trinajstić information content (AvgIpc) is 2.08. The van der Waals surface area contributed by atoms with Crippen molar-refractivity contribution in [3.63, 3.8) is 0 Å². The Kier molecular flexibility index (Phi) is 8.22. The lowest BCUT2D eigenvalue weighted by Crippen LogP contribution is -2.27. The van der Waals surface area contributed by atoms with Crippen LogP contribution in [0.5, 0.6) is 0 Å². The highest BCUT2D eigenvalue weighted by Crippen LogP contribution is 2.05. The maximum absolute atomic E-state index is 11.0. The third-order valence-corrected chi connectivity index (χ3v) is 4.35. The summed E-state index contributed by atoms with van der Waals surface area (Å²) < 4.78 is 43.8. The number of sulfonamides is 1. The van der Waals surface area contributed by atoms with Crippen LogP contribution in [-0.2, 0) is 21.3 Å². The Balaban J connectivity index is 3.54. The molecule has 0 aliphatic rings. The van der Waals surface area contributed by atoms with Gasteiger partial charge in [0, 0.05) is 11.3 Å². The third kappa shape index (κ3) is 10.3. The molecule has 0 radical (unpaired) electrons. The van der Waals surface area contributed by atoms with Crippen LogP contribution < -0.4 is 4.13 Å². The molecule has 1 N–H and O–H groups in total. The Morgan fingerprint density at radius 2 is 1.67 bits per heavy atom. The van der Waals surface area contributed by atoms with E-state index in [9.17, 15) is 17.2 Å². The fourth-order valence-corrected chi connectivity index (χ4v) is 2.96. The van der Waals surface area contributed by atoms with Gasteiger partial charge in [-0.05, 0) is 6.42 Å². The molecule has 0 heterocycles. The zero-order valence-corrected chi connectivity index (χ0v) is 10.5. The van der Waals surface area contributed by atoms with Crippen LogP contribution >= 0.6 is 0 Å². The van der Waals surface area contributed by atoms with Crippen molar-refractivity contribution < 1.29 is 17.2 Å². The van der Waals surface area contributed by atoms with Gasteiger partial charge < -0.3 is 4.55 Å². The largest absolute Gasteiger partial charge is 0.759 e. The van der Waals surface area contributed by atoms with Crippen LogP contribution in [0, 0.1) is 0 Å². The SMILES string of the molecule is CCCCCCCCS(=O)(=O)NS(=O)[O-]. The molecule has 0 aliphatic carbocycles. The Bertz CT molecular complexity index is 276. The summed E-state index contributed by atoms with van der Waals surface area (Å²) in [5.41, 5.74) is 0. The highest BCUT2D eigenvalue weighted by molar-refractivity contribution is 7.99. The molecule has 5 nitrogen and oxygen atoms in total. The maximum Gasteiger partial charge on any atom is 0.221 e. The second-order valence-electron chi connectivity index (χ2n) is 3.40. The normalized spacial score (nSPS) is 14.0. The summed E-state index contributed by atoms with van der Waals surface area (Å²) >= 11 is -2.73. The van der Waals surface area contributed by atoms with Crippen LogP contribution in [0.3, 0.4) is 0 Å². The molecule has 92 valence electrons. The molecular formula is C8H18NO4S2-. The molecule has 1 atom stereocenters. The quantitative estimate of drug-likeness (QED) is 0.493. The van der Waals surface area contributed by atoms with Gasteiger partial charge in [-0.3, -0.25) is 4.21 Å². The van der Waals surface area contributed by atoms with E-state index in [0.29, 0.717) is 6.42 Å². The summed E-state index contributed by atoms with van der Waals surface area (Å²) in [5, 5.41) is 0. The minimum absolute atomic E-state index is 0.118. The van der Waals surface area contributed by atoms with Gasteiger partial charge in [0.1, 0.15) is 0 Å². The summed E-state index contributed by atoms with van der Waals surface area (Å²) in [6, 6.07) is 0. The molecule has 7 heteroatoms. The first kappa shape index (κ1) is 15.0. The van der Waals surface area contributed by atoms with Gasteiger partial charge >= 0.3 is 0 Å². The van der Waals surface area contributed by atoms with Gasteiger partial charge in [-0.1, -0.05) is 39.0 Å². The van der Waals surface area contributed by atoms with E-state index in [1.165, 1.54) is 4.13 Å². The highest BCUT2D eigenvalue weighted by Gasteiger charge is 2.08. The van der Waals surface area contributed by atoms with Crippen molar-refractivity contribution in [2.45, 2.75) is 45.4 Å². The smallest absolute Gasteiger partial charge is 0.221 e. The minimum Gasteiger partial charge on any atom is -0.759 e. The maximum atomic E-state index is 11.0. The van der Waals surface area contributed by atoms with E-state index in [1.807, 2.05) is 0 Å². The first-order valence-corrected chi connectivity index (χ1v) is 7.80. The summed E-state index contributed by atoms with van der Waals surface area (Å²) in [6.45, 7) is 2.11. The third-order valence-electron chi connectivity index (χ3n) is 1.96. The molecular weight excluding hydrogens is 238 g/mol. The van der Waals surface area contributed by atoms with Crippen molar-refractivity contribution in [2.75, 3.05) is 5.75 Å². The second kappa shape index (κ2) is 8.20. The number of hydrogen-bond acceptors (Lipinski definition) is 4. The summed E-state index contributed by atoms with van der Waals surface area (Å²) in [5.74, 6) is -0.118. The van der Waals surface area contributed by atoms with E-state index in [2.05, 4.69) is 6.92 Å². The molecule has 1 unspecified atom stereocenters. The molecule has 0 aromatic rings. The van der Waals surface area contributed by atoms with Gasteiger partial charge in [-0.2, -0.15) is 0 Å². The Morgan fingerprint density at radius 1 is 1.13 bits per heavy atom. The Morgan fingerprint density at radius 3 is 2.20 bits per heavy atom. The van der Waals surface area contributed by atoms with Crippen molar-refractivity contribution in [1.29, 1.82) is 0 Å². The summed E-state index contributed by atoms with van der Waals surface area (Å²) in [4.78, 5) is 0. The average molecular weight is 256 g/mol. The predicted molar refractivity (Wildman–Crippen MR) is 59.2 cm³/mol. The number of nitrogens with one attached hydrogen (secondary N) is 1. The van der Waals surface area contributed by atoms with Crippen LogP contribution in [0.2, 0.25) is 0 Å². The zero-order valence-electron chi connectivity index (χ0n) is 8.90. The molecule has 0 fully saturated rings. The minimum atomic E-state index is -3.64. The predicted octanol–water partition coefficient (Wildman–Crippen LogP) is 1.06. The molecule has 0 aromatic heterocycles. The van der Waals surface area contributed by atoms with E-state index in [1.54, 1.807) is 0 Å². The second-order valence-corrected chi connectivity index (χ2v) is 6.18. The lowest BCUT2D eigenvalue weighted by molar-refractivity contribution is 0.529. The molecule has 15 heavy (non-hydrogen) atoms. The van der Waals surface area contributed by atoms with E-state index >= 15 is 0 Å². The first-order valence-electron chi connectivity index (χ1n) is 5.07. The molecule has 0 aliphatic heterocycles. The molecule has 0 spiro atoms. The van der Waals surface area contributed by atoms with Gasteiger partial charge in [-0.15, -0.1) is 4.13 Å². The molecule has 0 bridgehead atoms. The summed E-state index contributed by atoms with van der Waals surface area (Å²) in [7, 11) is -3.64. The molecule has 0 saturated carbocycles. The van der Waals surface area contributed by atoms with Gasteiger partial charge in [0.25, 0.3) is 0 Å². The van der Waals surface area contributed by atoms with Crippen molar-refractivity contribution in [1.82, 2.24) is 4.13 Å². The number of unbranched alkanes of at least 4 members (excludes halogenated alkanes) is 5. The Hall–Kier alpha value is 0.0200. The summed E-state index contributed by atoms with van der Waals surface area (Å²) in [6.07, 6.45) is 5.76. The van der Waals surface area contributed by atoms with Crippen LogP contribution in [0.4, 0.5) is 0 Å². The standard InChI is InChI=1S/C8H19NO4S2/c1-2-3-4-5-6-7-8-15(12,13)9-14(10)11/h9H,2-8H2,1H3,(H,10,11)/p-1. The van der Waals surface area contributed by atoms with Gasteiger partial charge in [0.15, 0.2) is 0 Å². The molecule has 0 aromatic carbocycles. The van der Waals surface area contributed by atoms with E-state index < -0.39 is 21.3 Å². The Labute approximate surface area is 94.1 Å². The van der Waals surface area contributed by atoms with Crippen molar-refractivity contribution in [3.8, 4) is 0 Å². The van der Waals surface area contributed by atoms with Crippen LogP contribution in [0.25, 0.3) is 0 Å². The van der Waals surface area contributed by atoms with Gasteiger partial charge in [0.2, 0.25) is 10.0 Å². The molecule has 0 saturated heterocycles. The van der Waals surface area contributed by atoms with Crippen LogP contribution in [-0.4, -0.2) is 22.9 Å². The fraction of sp³-hybridized carbons (Fsp3) is 1.00. The van der Waals surface area contributed by atoms with Crippen molar-refractivity contribution in [3.05, 3.63) is 0 Å². The van der Waals surface area contributed by atoms with Gasteiger partial charge in [0.05, 0.1) is 5.75 Å². The number of rotatable bonds is 9. The lowest BCUT2D eigenvalue weighted by atomic mass is 10.1. The lowest BCUT2D eigenvalue weighted by Gasteiger charge is -2.07. The van der Waals surface area contributed by atoms with Crippen molar-refractivity contribution >= 4 is 21.3 Å². The number of hydrogen-bond donors (Lipinski definition) is 1. The van der Waals surface area contributed by atoms with Crippen LogP contribution in [0.15, 0.2) is 0 Å². The van der Waals surface area contributed by atoms with Crippen LogP contribution in [0.1, 0.15) is 45.4 Å². The van der Waals surface area contributed by atoms with Crippen molar-refractivity contribution in [2.24, 2.45) is 0 Å². The van der Waals surface area contributed by atoms with Gasteiger partial charge in [-0.25, -0.2) is 8.42 Å². The van der Waals surface area contributed by atoms with E-state index in [4.69, 9.17) is 0 Å². The monoisotopic (exact) mass is 256 g/mol. The fourth-order valence-electron chi connectivity index (χ4n) is 1.22. The first-order chi connectivity index (χ1) is 6.98. The van der Waals surface area contributed by atoms with E-state index in [-0.39, 0.29) is 5.75 Å². The molecule has 0 amide bonds. The highest BCUT2D eigenvalue weighted by atomic mass is 32.3. The molecule has 0 rings (SSSR count).